The quantitative estimate of drug-likeness (QED) is 0.496. The van der Waals surface area contributed by atoms with Crippen molar-refractivity contribution in [1.29, 1.82) is 0 Å². The van der Waals surface area contributed by atoms with E-state index in [1.807, 2.05) is 6.92 Å². The molecule has 1 aliphatic rings. The maximum atomic E-state index is 6.06. The Bertz CT molecular complexity index is 208. The summed E-state index contributed by atoms with van der Waals surface area (Å²) in [4.78, 5) is 0. The van der Waals surface area contributed by atoms with Crippen molar-refractivity contribution in [3.63, 3.8) is 0 Å². The van der Waals surface area contributed by atoms with Gasteiger partial charge < -0.3 is 8.54 Å². The molecule has 1 fully saturated rings. The van der Waals surface area contributed by atoms with Gasteiger partial charge in [-0.1, -0.05) is 12.2 Å². The Morgan fingerprint density at radius 3 is 2.23 bits per heavy atom. The van der Waals surface area contributed by atoms with Crippen LogP contribution in [-0.4, -0.2) is 23.0 Å². The second kappa shape index (κ2) is 3.35. The van der Waals surface area contributed by atoms with Crippen LogP contribution in [0.1, 0.15) is 6.92 Å². The van der Waals surface area contributed by atoms with Crippen LogP contribution in [0.4, 0.5) is 0 Å². The van der Waals surface area contributed by atoms with Gasteiger partial charge in [-0.3, -0.25) is 0 Å². The van der Waals surface area contributed by atoms with Crippen LogP contribution in [0.15, 0.2) is 12.2 Å². The van der Waals surface area contributed by atoms with Crippen LogP contribution in [0.3, 0.4) is 0 Å². The second-order valence-corrected chi connectivity index (χ2v) is 12.7. The van der Waals surface area contributed by atoms with Crippen molar-refractivity contribution in [2.24, 2.45) is 0 Å². The Morgan fingerprint density at radius 2 is 1.85 bits per heavy atom. The molecule has 76 valence electrons. The van der Waals surface area contributed by atoms with E-state index in [1.54, 1.807) is 0 Å². The first-order valence-corrected chi connectivity index (χ1v) is 10.7. The van der Waals surface area contributed by atoms with Gasteiger partial charge in [-0.2, -0.15) is 0 Å². The highest BCUT2D eigenvalue weighted by Gasteiger charge is 2.43. The molecule has 0 aromatic heterocycles. The van der Waals surface area contributed by atoms with Crippen molar-refractivity contribution in [2.45, 2.75) is 45.3 Å². The van der Waals surface area contributed by atoms with E-state index >= 15 is 0 Å². The highest BCUT2D eigenvalue weighted by molar-refractivity contribution is 6.83. The molecular formula is C9H20O2Si2. The van der Waals surface area contributed by atoms with Crippen LogP contribution in [0.25, 0.3) is 0 Å². The minimum Gasteiger partial charge on any atom is -0.436 e. The van der Waals surface area contributed by atoms with Gasteiger partial charge in [-0.15, -0.1) is 0 Å². The average Bonchev–Trinajstić information content (AvgIpc) is 1.79. The van der Waals surface area contributed by atoms with Crippen molar-refractivity contribution in [2.75, 3.05) is 0 Å². The number of hydrogen-bond acceptors (Lipinski definition) is 2. The monoisotopic (exact) mass is 216 g/mol. The molecule has 1 unspecified atom stereocenters. The molecule has 1 heterocycles. The Balaban J connectivity index is 2.78. The largest absolute Gasteiger partial charge is 0.436 e. The minimum absolute atomic E-state index is 0.247. The molecule has 0 spiro atoms. The highest BCUT2D eigenvalue weighted by Crippen LogP contribution is 2.31. The fourth-order valence-corrected chi connectivity index (χ4v) is 10.1. The first kappa shape index (κ1) is 11.2. The summed E-state index contributed by atoms with van der Waals surface area (Å²) in [6.07, 6.45) is 0.247. The summed E-state index contributed by atoms with van der Waals surface area (Å²) in [6, 6.07) is 1.05. The standard InChI is InChI=1S/C9H20O2Si2/c1-8(2)9-7-12(3,4)11-13(5,6)10-9/h9H,1,7H2,2-6H3. The van der Waals surface area contributed by atoms with E-state index in [0.29, 0.717) is 0 Å². The van der Waals surface area contributed by atoms with Gasteiger partial charge in [-0.25, -0.2) is 0 Å². The van der Waals surface area contributed by atoms with E-state index in [4.69, 9.17) is 8.54 Å². The smallest absolute Gasteiger partial charge is 0.321 e. The molecule has 2 nitrogen and oxygen atoms in total. The third kappa shape index (κ3) is 3.05. The molecule has 0 saturated carbocycles. The maximum absolute atomic E-state index is 6.06. The first-order chi connectivity index (χ1) is 5.72. The third-order valence-corrected chi connectivity index (χ3v) is 8.56. The van der Waals surface area contributed by atoms with Crippen LogP contribution in [0, 0.1) is 0 Å². The zero-order chi connectivity index (χ0) is 10.3. The zero-order valence-corrected chi connectivity index (χ0v) is 11.3. The Hall–Kier alpha value is 0.0938. The van der Waals surface area contributed by atoms with Gasteiger partial charge in [0.2, 0.25) is 0 Å². The van der Waals surface area contributed by atoms with E-state index in [0.717, 1.165) is 11.6 Å². The van der Waals surface area contributed by atoms with Gasteiger partial charge >= 0.3 is 8.56 Å². The molecule has 0 N–H and O–H groups in total. The Labute approximate surface area is 83.3 Å². The molecule has 1 aliphatic heterocycles. The number of hydrogen-bond donors (Lipinski definition) is 0. The lowest BCUT2D eigenvalue weighted by Crippen LogP contribution is -2.55. The Kier molecular flexibility index (Phi) is 2.87. The molecule has 1 rings (SSSR count). The summed E-state index contributed by atoms with van der Waals surface area (Å²) in [5, 5.41) is 0. The average molecular weight is 216 g/mol. The second-order valence-electron chi connectivity index (χ2n) is 4.92. The van der Waals surface area contributed by atoms with Crippen molar-refractivity contribution < 1.29 is 8.54 Å². The van der Waals surface area contributed by atoms with Gasteiger partial charge in [0.15, 0.2) is 8.32 Å². The van der Waals surface area contributed by atoms with E-state index in [2.05, 4.69) is 32.8 Å². The molecule has 4 heteroatoms. The lowest BCUT2D eigenvalue weighted by atomic mass is 10.2. The molecule has 1 saturated heterocycles. The van der Waals surface area contributed by atoms with Crippen molar-refractivity contribution >= 4 is 16.9 Å². The van der Waals surface area contributed by atoms with Crippen LogP contribution >= 0.6 is 0 Å². The molecule has 13 heavy (non-hydrogen) atoms. The summed E-state index contributed by atoms with van der Waals surface area (Å²) in [5.74, 6) is 0. The van der Waals surface area contributed by atoms with Gasteiger partial charge in [0.05, 0.1) is 6.10 Å². The first-order valence-electron chi connectivity index (χ1n) is 4.75. The fourth-order valence-electron chi connectivity index (χ4n) is 1.84. The molecule has 0 bridgehead atoms. The molecule has 0 aliphatic carbocycles. The fraction of sp³-hybridized carbons (Fsp3) is 0.778. The molecular weight excluding hydrogens is 196 g/mol. The van der Waals surface area contributed by atoms with Crippen LogP contribution < -0.4 is 0 Å². The minimum atomic E-state index is -1.85. The SMILES string of the molecule is C=C(C)C1C[Si](C)(C)O[Si](C)(C)O1. The van der Waals surface area contributed by atoms with Gasteiger partial charge in [-0.05, 0) is 39.2 Å². The van der Waals surface area contributed by atoms with E-state index in [-0.39, 0.29) is 6.10 Å². The topological polar surface area (TPSA) is 18.5 Å². The predicted molar refractivity (Wildman–Crippen MR) is 60.5 cm³/mol. The Morgan fingerprint density at radius 1 is 1.31 bits per heavy atom. The molecule has 1 atom stereocenters. The third-order valence-electron chi connectivity index (χ3n) is 2.17. The van der Waals surface area contributed by atoms with Gasteiger partial charge in [0, 0.05) is 0 Å². The molecule has 0 aromatic carbocycles. The van der Waals surface area contributed by atoms with Crippen molar-refractivity contribution in [3.8, 4) is 0 Å². The lowest BCUT2D eigenvalue weighted by molar-refractivity contribution is 0.171. The summed E-state index contributed by atoms with van der Waals surface area (Å²) < 4.78 is 12.0. The molecule has 0 aromatic rings. The predicted octanol–water partition coefficient (Wildman–Crippen LogP) is 2.88. The molecule has 0 amide bonds. The van der Waals surface area contributed by atoms with E-state index < -0.39 is 16.9 Å². The van der Waals surface area contributed by atoms with E-state index in [1.165, 1.54) is 0 Å². The van der Waals surface area contributed by atoms with Crippen LogP contribution in [-0.2, 0) is 8.54 Å². The maximum Gasteiger partial charge on any atom is 0.321 e. The summed E-state index contributed by atoms with van der Waals surface area (Å²) in [7, 11) is -3.33. The molecule has 0 radical (unpaired) electrons. The van der Waals surface area contributed by atoms with Gasteiger partial charge in [0.25, 0.3) is 0 Å². The van der Waals surface area contributed by atoms with Crippen LogP contribution in [0.2, 0.25) is 32.2 Å². The normalized spacial score (nSPS) is 31.3. The van der Waals surface area contributed by atoms with Crippen molar-refractivity contribution in [3.05, 3.63) is 12.2 Å². The summed E-state index contributed by atoms with van der Waals surface area (Å²) in [6.45, 7) is 14.8. The zero-order valence-electron chi connectivity index (χ0n) is 9.31. The summed E-state index contributed by atoms with van der Waals surface area (Å²) in [5.41, 5.74) is 1.14. The van der Waals surface area contributed by atoms with E-state index in [9.17, 15) is 0 Å². The summed E-state index contributed by atoms with van der Waals surface area (Å²) >= 11 is 0. The lowest BCUT2D eigenvalue weighted by Gasteiger charge is -2.43. The van der Waals surface area contributed by atoms with Crippen molar-refractivity contribution in [1.82, 2.24) is 0 Å². The number of rotatable bonds is 1. The van der Waals surface area contributed by atoms with Crippen LogP contribution in [0.5, 0.6) is 0 Å². The van der Waals surface area contributed by atoms with Gasteiger partial charge in [0.1, 0.15) is 0 Å². The highest BCUT2D eigenvalue weighted by atomic mass is 28.4.